The highest BCUT2D eigenvalue weighted by atomic mass is 19.4. The Bertz CT molecular complexity index is 519. The molecule has 1 fully saturated rings. The third-order valence-corrected chi connectivity index (χ3v) is 3.45. The van der Waals surface area contributed by atoms with E-state index < -0.39 is 12.8 Å². The first-order valence-electron chi connectivity index (χ1n) is 6.12. The first-order valence-corrected chi connectivity index (χ1v) is 6.12. The van der Waals surface area contributed by atoms with Crippen molar-refractivity contribution in [2.75, 3.05) is 13.2 Å². The van der Waals surface area contributed by atoms with Crippen molar-refractivity contribution >= 4 is 0 Å². The Morgan fingerprint density at radius 1 is 1.45 bits per heavy atom. The second kappa shape index (κ2) is 5.05. The molecular weight excluding hydrogens is 275 g/mol. The fourth-order valence-electron chi connectivity index (χ4n) is 2.19. The largest absolute Gasteiger partial charge is 0.411 e. The lowest BCUT2D eigenvalue weighted by Crippen LogP contribution is -2.18. The first kappa shape index (κ1) is 14.8. The summed E-state index contributed by atoms with van der Waals surface area (Å²) in [5, 5.41) is 12.7. The summed E-state index contributed by atoms with van der Waals surface area (Å²) in [6, 6.07) is 2.18. The van der Waals surface area contributed by atoms with Crippen LogP contribution in [0.1, 0.15) is 31.5 Å². The Kier molecular flexibility index (Phi) is 3.73. The van der Waals surface area contributed by atoms with E-state index in [9.17, 15) is 13.2 Å². The molecule has 0 amide bonds. The molecule has 0 saturated heterocycles. The lowest BCUT2D eigenvalue weighted by atomic mass is 10.1. The molecule has 1 aliphatic rings. The van der Waals surface area contributed by atoms with Gasteiger partial charge in [-0.25, -0.2) is 0 Å². The quantitative estimate of drug-likeness (QED) is 0.778. The second-order valence-electron chi connectivity index (χ2n) is 5.37. The van der Waals surface area contributed by atoms with E-state index in [4.69, 9.17) is 9.78 Å². The van der Waals surface area contributed by atoms with Gasteiger partial charge in [0.05, 0.1) is 24.5 Å². The van der Waals surface area contributed by atoms with Crippen LogP contribution in [0.15, 0.2) is 4.52 Å². The van der Waals surface area contributed by atoms with Gasteiger partial charge in [0.15, 0.2) is 5.82 Å². The summed E-state index contributed by atoms with van der Waals surface area (Å²) in [6.45, 7) is 2.45. The van der Waals surface area contributed by atoms with Crippen molar-refractivity contribution in [1.29, 1.82) is 5.26 Å². The maximum Gasteiger partial charge on any atom is 0.411 e. The molecule has 0 aromatic carbocycles. The van der Waals surface area contributed by atoms with E-state index in [-0.39, 0.29) is 30.3 Å². The van der Waals surface area contributed by atoms with Crippen molar-refractivity contribution in [3.8, 4) is 6.07 Å². The number of nitriles is 1. The average molecular weight is 289 g/mol. The fourth-order valence-corrected chi connectivity index (χ4v) is 2.19. The molecular formula is C12H14F3N3O2. The van der Waals surface area contributed by atoms with Gasteiger partial charge in [-0.2, -0.15) is 23.4 Å². The highest BCUT2D eigenvalue weighted by Crippen LogP contribution is 2.63. The predicted molar refractivity (Wildman–Crippen MR) is 60.5 cm³/mol. The normalized spacial score (nSPS) is 24.4. The maximum atomic E-state index is 11.9. The summed E-state index contributed by atoms with van der Waals surface area (Å²) >= 11 is 0. The van der Waals surface area contributed by atoms with Gasteiger partial charge in [0.2, 0.25) is 5.89 Å². The van der Waals surface area contributed by atoms with Crippen molar-refractivity contribution in [1.82, 2.24) is 10.1 Å². The molecule has 8 heteroatoms. The zero-order valence-electron chi connectivity index (χ0n) is 11.1. The Morgan fingerprint density at radius 3 is 2.70 bits per heavy atom. The van der Waals surface area contributed by atoms with Crippen LogP contribution in [0.2, 0.25) is 0 Å². The number of hydrogen-bond acceptors (Lipinski definition) is 5. The number of hydrogen-bond donors (Lipinski definition) is 0. The topological polar surface area (TPSA) is 71.9 Å². The number of aromatic nitrogens is 2. The van der Waals surface area contributed by atoms with Crippen molar-refractivity contribution in [2.24, 2.45) is 11.3 Å². The van der Waals surface area contributed by atoms with Crippen LogP contribution in [0.5, 0.6) is 0 Å². The van der Waals surface area contributed by atoms with E-state index in [2.05, 4.69) is 20.9 Å². The number of halogens is 3. The summed E-state index contributed by atoms with van der Waals surface area (Å²) in [5.74, 6) is 0.385. The molecule has 1 aliphatic carbocycles. The van der Waals surface area contributed by atoms with Crippen molar-refractivity contribution in [3.05, 3.63) is 11.7 Å². The minimum absolute atomic E-state index is 0.107. The van der Waals surface area contributed by atoms with Crippen molar-refractivity contribution in [2.45, 2.75) is 32.4 Å². The highest BCUT2D eigenvalue weighted by molar-refractivity contribution is 5.26. The third kappa shape index (κ3) is 3.10. The number of rotatable bonds is 5. The number of nitrogens with zero attached hydrogens (tertiary/aromatic N) is 3. The molecule has 0 N–H and O–H groups in total. The molecule has 2 rings (SSSR count). The highest BCUT2D eigenvalue weighted by Gasteiger charge is 2.62. The van der Waals surface area contributed by atoms with Crippen LogP contribution in [0.25, 0.3) is 0 Å². The third-order valence-electron chi connectivity index (χ3n) is 3.45. The summed E-state index contributed by atoms with van der Waals surface area (Å²) in [5.41, 5.74) is -0.203. The predicted octanol–water partition coefficient (Wildman–Crippen LogP) is 2.45. The average Bonchev–Trinajstić information content (AvgIpc) is 2.71. The van der Waals surface area contributed by atoms with E-state index in [0.717, 1.165) is 0 Å². The summed E-state index contributed by atoms with van der Waals surface area (Å²) in [6.07, 6.45) is -4.19. The van der Waals surface area contributed by atoms with E-state index in [1.54, 1.807) is 0 Å². The Hall–Kier alpha value is -1.62. The van der Waals surface area contributed by atoms with Crippen LogP contribution in [0.4, 0.5) is 13.2 Å². The van der Waals surface area contributed by atoms with Crippen LogP contribution in [-0.2, 0) is 11.2 Å². The molecule has 0 spiro atoms. The van der Waals surface area contributed by atoms with Gasteiger partial charge in [0, 0.05) is 6.42 Å². The molecule has 0 radical (unpaired) electrons. The molecule has 0 aliphatic heterocycles. The van der Waals surface area contributed by atoms with E-state index >= 15 is 0 Å². The summed E-state index contributed by atoms with van der Waals surface area (Å²) < 4.78 is 45.1. The van der Waals surface area contributed by atoms with Crippen LogP contribution in [-0.4, -0.2) is 29.5 Å². The summed E-state index contributed by atoms with van der Waals surface area (Å²) in [4.78, 5) is 4.11. The zero-order valence-corrected chi connectivity index (χ0v) is 11.1. The van der Waals surface area contributed by atoms with Crippen LogP contribution >= 0.6 is 0 Å². The van der Waals surface area contributed by atoms with Gasteiger partial charge in [-0.15, -0.1) is 0 Å². The molecule has 0 bridgehead atoms. The lowest BCUT2D eigenvalue weighted by molar-refractivity contribution is -0.173. The van der Waals surface area contributed by atoms with E-state index in [0.29, 0.717) is 11.7 Å². The minimum Gasteiger partial charge on any atom is -0.372 e. The van der Waals surface area contributed by atoms with Gasteiger partial charge in [-0.1, -0.05) is 19.0 Å². The molecule has 2 unspecified atom stereocenters. The fraction of sp³-hybridized carbons (Fsp3) is 0.750. The molecule has 1 heterocycles. The van der Waals surface area contributed by atoms with Gasteiger partial charge in [0.25, 0.3) is 0 Å². The molecule has 2 atom stereocenters. The maximum absolute atomic E-state index is 11.9. The Labute approximate surface area is 113 Å². The molecule has 110 valence electrons. The molecule has 1 aromatic heterocycles. The number of ether oxygens (including phenoxy) is 1. The van der Waals surface area contributed by atoms with Crippen LogP contribution in [0, 0.1) is 22.7 Å². The Balaban J connectivity index is 1.84. The van der Waals surface area contributed by atoms with Gasteiger partial charge < -0.3 is 9.26 Å². The van der Waals surface area contributed by atoms with Crippen molar-refractivity contribution < 1.29 is 22.4 Å². The molecule has 1 aromatic rings. The molecule has 1 saturated carbocycles. The van der Waals surface area contributed by atoms with Gasteiger partial charge in [-0.05, 0) is 5.41 Å². The van der Waals surface area contributed by atoms with Crippen LogP contribution in [0.3, 0.4) is 0 Å². The van der Waals surface area contributed by atoms with Gasteiger partial charge in [-0.3, -0.25) is 0 Å². The Morgan fingerprint density at radius 2 is 2.15 bits per heavy atom. The monoisotopic (exact) mass is 289 g/mol. The van der Waals surface area contributed by atoms with Gasteiger partial charge >= 0.3 is 6.18 Å². The van der Waals surface area contributed by atoms with Crippen LogP contribution < -0.4 is 0 Å². The summed E-state index contributed by atoms with van der Waals surface area (Å²) in [7, 11) is 0. The smallest absolute Gasteiger partial charge is 0.372 e. The lowest BCUT2D eigenvalue weighted by Gasteiger charge is -2.05. The SMILES string of the molecule is CC1(C)C(C#N)C1c1nc(CCOCC(F)(F)F)no1. The number of alkyl halides is 3. The second-order valence-corrected chi connectivity index (χ2v) is 5.37. The molecule has 5 nitrogen and oxygen atoms in total. The van der Waals surface area contributed by atoms with E-state index in [1.165, 1.54) is 0 Å². The van der Waals surface area contributed by atoms with Gasteiger partial charge in [0.1, 0.15) is 6.61 Å². The van der Waals surface area contributed by atoms with Crippen molar-refractivity contribution in [3.63, 3.8) is 0 Å². The minimum atomic E-state index is -4.33. The molecule has 20 heavy (non-hydrogen) atoms. The van der Waals surface area contributed by atoms with E-state index in [1.807, 2.05) is 13.8 Å². The first-order chi connectivity index (χ1) is 9.25. The standard InChI is InChI=1S/C12H14F3N3O2/c1-11(2)7(5-16)9(11)10-17-8(18-20-10)3-4-19-6-12(13,14)15/h7,9H,3-4,6H2,1-2H3. The zero-order chi connectivity index (χ0) is 15.0.